The van der Waals surface area contributed by atoms with Gasteiger partial charge in [0, 0.05) is 54.9 Å². The van der Waals surface area contributed by atoms with E-state index in [4.69, 9.17) is 0 Å². The first-order valence-corrected chi connectivity index (χ1v) is 11.3. The Hall–Kier alpha value is -3.34. The van der Waals surface area contributed by atoms with Gasteiger partial charge in [0.15, 0.2) is 17.4 Å². The van der Waals surface area contributed by atoms with Crippen LogP contribution in [0.4, 0.5) is 10.1 Å². The normalized spacial score (nSPS) is 19.8. The fraction of sp³-hybridized carbons (Fsp3) is 0.375. The molecule has 0 spiro atoms. The third-order valence-corrected chi connectivity index (χ3v) is 6.23. The van der Waals surface area contributed by atoms with Crippen molar-refractivity contribution in [3.8, 4) is 17.1 Å². The molecule has 3 heterocycles. The zero-order chi connectivity index (χ0) is 24.1. The number of halogens is 1. The van der Waals surface area contributed by atoms with Gasteiger partial charge in [-0.1, -0.05) is 0 Å². The van der Waals surface area contributed by atoms with Crippen molar-refractivity contribution in [2.75, 3.05) is 25.0 Å². The predicted molar refractivity (Wildman–Crippen MR) is 129 cm³/mol. The number of hydrogen-bond acceptors (Lipinski definition) is 8. The highest BCUT2D eigenvalue weighted by atomic mass is 19.1. The molecule has 4 N–H and O–H groups in total. The zero-order valence-corrected chi connectivity index (χ0v) is 19.5. The molecule has 0 amide bonds. The highest BCUT2D eigenvalue weighted by Gasteiger charge is 2.24. The summed E-state index contributed by atoms with van der Waals surface area (Å²) < 4.78 is 16.3. The van der Waals surface area contributed by atoms with Crippen LogP contribution in [0.25, 0.3) is 33.2 Å². The van der Waals surface area contributed by atoms with Gasteiger partial charge in [-0.25, -0.2) is 14.4 Å². The van der Waals surface area contributed by atoms with E-state index in [1.165, 1.54) is 4.68 Å². The van der Waals surface area contributed by atoms with E-state index in [0.29, 0.717) is 34.1 Å². The summed E-state index contributed by atoms with van der Waals surface area (Å²) in [5, 5.41) is 32.9. The molecule has 10 heteroatoms. The van der Waals surface area contributed by atoms with E-state index in [1.54, 1.807) is 26.4 Å². The fourth-order valence-corrected chi connectivity index (χ4v) is 4.75. The summed E-state index contributed by atoms with van der Waals surface area (Å²) in [7, 11) is 3.31. The van der Waals surface area contributed by atoms with Gasteiger partial charge in [-0.3, -0.25) is 10.00 Å². The van der Waals surface area contributed by atoms with E-state index in [1.807, 2.05) is 18.2 Å². The number of phenols is 1. The molecule has 0 radical (unpaired) electrons. The Labute approximate surface area is 196 Å². The Morgan fingerprint density at radius 1 is 1.18 bits per heavy atom. The molecule has 1 saturated heterocycles. The standard InChI is InChI=1S/C24H28FN7O2/c1-12-9-32(10-13(2)27-12)15-5-6-18-16(8-15)21(24(34)26-3)29-23(28-18)17-7-14-11-31(4)30-20(14)19(25)22(17)33/h5-8,11-13,24,26-27,33-34H,9-10H2,1-4H3/t12-,13+,24?. The van der Waals surface area contributed by atoms with Crippen LogP contribution in [0.5, 0.6) is 5.75 Å². The van der Waals surface area contributed by atoms with Crippen molar-refractivity contribution >= 4 is 27.5 Å². The lowest BCUT2D eigenvalue weighted by Crippen LogP contribution is -2.54. The van der Waals surface area contributed by atoms with Gasteiger partial charge in [0.2, 0.25) is 0 Å². The van der Waals surface area contributed by atoms with Crippen molar-refractivity contribution in [2.24, 2.45) is 7.05 Å². The number of fused-ring (bicyclic) bond motifs is 2. The van der Waals surface area contributed by atoms with Gasteiger partial charge in [0.25, 0.3) is 0 Å². The van der Waals surface area contributed by atoms with Crippen LogP contribution in [0, 0.1) is 5.82 Å². The summed E-state index contributed by atoms with van der Waals surface area (Å²) in [5.41, 5.74) is 2.16. The van der Waals surface area contributed by atoms with E-state index >= 15 is 0 Å². The number of aryl methyl sites for hydroxylation is 1. The second kappa shape index (κ2) is 8.46. The fourth-order valence-electron chi connectivity index (χ4n) is 4.75. The SMILES string of the molecule is CNC(O)c1nc(-c2cc3cn(C)nc3c(F)c2O)nc2ccc(N3C[C@@H](C)N[C@@H](C)C3)cc12. The number of benzene rings is 2. The quantitative estimate of drug-likeness (QED) is 0.340. The van der Waals surface area contributed by atoms with Gasteiger partial charge in [-0.2, -0.15) is 5.10 Å². The lowest BCUT2D eigenvalue weighted by atomic mass is 10.1. The first-order valence-electron chi connectivity index (χ1n) is 11.3. The molecule has 0 aliphatic carbocycles. The van der Waals surface area contributed by atoms with Gasteiger partial charge in [0.05, 0.1) is 16.8 Å². The number of anilines is 1. The maximum atomic E-state index is 14.9. The highest BCUT2D eigenvalue weighted by molar-refractivity contribution is 5.90. The van der Waals surface area contributed by atoms with E-state index in [-0.39, 0.29) is 16.9 Å². The van der Waals surface area contributed by atoms with Gasteiger partial charge < -0.3 is 20.4 Å². The number of aliphatic hydroxyl groups excluding tert-OH is 1. The van der Waals surface area contributed by atoms with Crippen LogP contribution < -0.4 is 15.5 Å². The first kappa shape index (κ1) is 22.5. The molecule has 2 aromatic carbocycles. The molecule has 2 aromatic heterocycles. The van der Waals surface area contributed by atoms with E-state index in [0.717, 1.165) is 18.8 Å². The Bertz CT molecular complexity index is 1380. The molecule has 5 rings (SSSR count). The molecule has 178 valence electrons. The third kappa shape index (κ3) is 3.83. The topological polar surface area (TPSA) is 111 Å². The molecule has 1 aliphatic heterocycles. The molecule has 0 bridgehead atoms. The Kier molecular flexibility index (Phi) is 5.59. The van der Waals surface area contributed by atoms with Crippen molar-refractivity contribution in [2.45, 2.75) is 32.2 Å². The average molecular weight is 466 g/mol. The van der Waals surface area contributed by atoms with Crippen molar-refractivity contribution in [1.82, 2.24) is 30.4 Å². The van der Waals surface area contributed by atoms with Crippen LogP contribution in [0.15, 0.2) is 30.5 Å². The molecular weight excluding hydrogens is 437 g/mol. The summed E-state index contributed by atoms with van der Waals surface area (Å²) in [6, 6.07) is 8.14. The average Bonchev–Trinajstić information content (AvgIpc) is 3.19. The van der Waals surface area contributed by atoms with Crippen LogP contribution in [-0.4, -0.2) is 62.2 Å². The summed E-state index contributed by atoms with van der Waals surface area (Å²) in [6.07, 6.45) is 0.586. The number of aliphatic hydroxyl groups is 1. The number of nitrogens with one attached hydrogen (secondary N) is 2. The van der Waals surface area contributed by atoms with Crippen LogP contribution in [0.3, 0.4) is 0 Å². The van der Waals surface area contributed by atoms with Gasteiger partial charge in [-0.15, -0.1) is 0 Å². The number of aromatic hydroxyl groups is 1. The number of rotatable bonds is 4. The number of aromatic nitrogens is 4. The molecule has 1 fully saturated rings. The van der Waals surface area contributed by atoms with Crippen molar-refractivity contribution in [3.05, 3.63) is 42.0 Å². The van der Waals surface area contributed by atoms with Crippen LogP contribution in [0.2, 0.25) is 0 Å². The Morgan fingerprint density at radius 2 is 1.91 bits per heavy atom. The van der Waals surface area contributed by atoms with Crippen molar-refractivity contribution < 1.29 is 14.6 Å². The van der Waals surface area contributed by atoms with Crippen molar-refractivity contribution in [3.63, 3.8) is 0 Å². The maximum absolute atomic E-state index is 14.9. The second-order valence-electron chi connectivity index (χ2n) is 9.03. The number of hydrogen-bond donors (Lipinski definition) is 4. The summed E-state index contributed by atoms with van der Waals surface area (Å²) in [5.74, 6) is -1.28. The second-order valence-corrected chi connectivity index (χ2v) is 9.03. The molecule has 3 atom stereocenters. The molecular formula is C24H28FN7O2. The minimum atomic E-state index is -1.07. The first-order chi connectivity index (χ1) is 16.2. The van der Waals surface area contributed by atoms with Gasteiger partial charge in [0.1, 0.15) is 11.7 Å². The Morgan fingerprint density at radius 3 is 2.62 bits per heavy atom. The minimum absolute atomic E-state index is 0.0733. The number of nitrogens with zero attached hydrogens (tertiary/aromatic N) is 5. The van der Waals surface area contributed by atoms with Crippen LogP contribution in [0.1, 0.15) is 25.8 Å². The van der Waals surface area contributed by atoms with Crippen LogP contribution >= 0.6 is 0 Å². The molecule has 4 aromatic rings. The van der Waals surface area contributed by atoms with Crippen molar-refractivity contribution in [1.29, 1.82) is 0 Å². The monoisotopic (exact) mass is 465 g/mol. The number of piperazine rings is 1. The maximum Gasteiger partial charge on any atom is 0.193 e. The molecule has 1 unspecified atom stereocenters. The number of phenolic OH excluding ortho intramolecular Hbond substituents is 1. The van der Waals surface area contributed by atoms with Crippen LogP contribution in [-0.2, 0) is 7.05 Å². The molecule has 34 heavy (non-hydrogen) atoms. The molecule has 0 saturated carbocycles. The summed E-state index contributed by atoms with van der Waals surface area (Å²) >= 11 is 0. The molecule has 1 aliphatic rings. The lowest BCUT2D eigenvalue weighted by molar-refractivity contribution is 0.146. The van der Waals surface area contributed by atoms with Gasteiger partial charge in [-0.05, 0) is 45.2 Å². The lowest BCUT2D eigenvalue weighted by Gasteiger charge is -2.37. The molecule has 9 nitrogen and oxygen atoms in total. The summed E-state index contributed by atoms with van der Waals surface area (Å²) in [4.78, 5) is 11.5. The minimum Gasteiger partial charge on any atom is -0.504 e. The third-order valence-electron chi connectivity index (χ3n) is 6.23. The van der Waals surface area contributed by atoms with E-state index in [9.17, 15) is 14.6 Å². The highest BCUT2D eigenvalue weighted by Crippen LogP contribution is 2.36. The largest absolute Gasteiger partial charge is 0.504 e. The smallest absolute Gasteiger partial charge is 0.193 e. The predicted octanol–water partition coefficient (Wildman–Crippen LogP) is 2.43. The summed E-state index contributed by atoms with van der Waals surface area (Å²) in [6.45, 7) is 6.02. The Balaban J connectivity index is 1.67. The zero-order valence-electron chi connectivity index (χ0n) is 19.5. The van der Waals surface area contributed by atoms with E-state index in [2.05, 4.69) is 44.4 Å². The van der Waals surface area contributed by atoms with Gasteiger partial charge >= 0.3 is 0 Å². The van der Waals surface area contributed by atoms with E-state index < -0.39 is 17.8 Å².